The minimum absolute atomic E-state index is 0.0282. The summed E-state index contributed by atoms with van der Waals surface area (Å²) in [5.41, 5.74) is 4.49. The summed E-state index contributed by atoms with van der Waals surface area (Å²) in [6, 6.07) is 12.8. The smallest absolute Gasteiger partial charge is 0.263 e. The Kier molecular flexibility index (Phi) is 6.57. The molecule has 0 aliphatic carbocycles. The minimum Gasteiger partial charge on any atom is -0.503 e. The Morgan fingerprint density at radius 2 is 2.09 bits per heavy atom. The average molecular weight is 527 g/mol. The number of amides is 1. The Morgan fingerprint density at radius 3 is 2.82 bits per heavy atom. The zero-order valence-electron chi connectivity index (χ0n) is 17.7. The summed E-state index contributed by atoms with van der Waals surface area (Å²) in [7, 11) is 1.44. The molecule has 2 heterocycles. The van der Waals surface area contributed by atoms with Gasteiger partial charge in [0.25, 0.3) is 11.5 Å². The number of halogens is 1. The Labute approximate surface area is 201 Å². The van der Waals surface area contributed by atoms with E-state index in [2.05, 4.69) is 31.4 Å². The molecule has 0 fully saturated rings. The van der Waals surface area contributed by atoms with Gasteiger partial charge in [0.2, 0.25) is 0 Å². The molecule has 10 heteroatoms. The van der Waals surface area contributed by atoms with Gasteiger partial charge in [0.1, 0.15) is 11.4 Å². The summed E-state index contributed by atoms with van der Waals surface area (Å²) in [5, 5.41) is 14.3. The first-order valence-electron chi connectivity index (χ1n) is 9.81. The van der Waals surface area contributed by atoms with Crippen molar-refractivity contribution in [1.29, 1.82) is 0 Å². The second-order valence-electron chi connectivity index (χ2n) is 7.10. The van der Waals surface area contributed by atoms with Crippen molar-refractivity contribution in [3.8, 4) is 22.6 Å². The molecule has 0 radical (unpaired) electrons. The number of phenols is 1. The zero-order chi connectivity index (χ0) is 23.5. The van der Waals surface area contributed by atoms with Crippen molar-refractivity contribution < 1.29 is 14.6 Å². The number of aryl methyl sites for hydroxylation is 1. The predicted octanol–water partition coefficient (Wildman–Crippen LogP) is 4.06. The predicted molar refractivity (Wildman–Crippen MR) is 132 cm³/mol. The van der Waals surface area contributed by atoms with Crippen LogP contribution in [0.25, 0.3) is 21.3 Å². The average Bonchev–Trinajstić information content (AvgIpc) is 3.15. The van der Waals surface area contributed by atoms with Crippen LogP contribution in [0.1, 0.15) is 10.4 Å². The van der Waals surface area contributed by atoms with Gasteiger partial charge < -0.3 is 9.84 Å². The van der Waals surface area contributed by atoms with Crippen LogP contribution in [-0.4, -0.2) is 33.9 Å². The van der Waals surface area contributed by atoms with Gasteiger partial charge in [-0.05, 0) is 46.1 Å². The van der Waals surface area contributed by atoms with Crippen LogP contribution in [0.5, 0.6) is 11.5 Å². The molecule has 0 aliphatic rings. The highest BCUT2D eigenvalue weighted by Crippen LogP contribution is 2.35. The Balaban J connectivity index is 1.55. The number of carbonyl (C=O) groups excluding carboxylic acids is 1. The van der Waals surface area contributed by atoms with Gasteiger partial charge in [-0.1, -0.05) is 30.3 Å². The molecule has 2 N–H and O–H groups in total. The number of rotatable bonds is 6. The van der Waals surface area contributed by atoms with Gasteiger partial charge in [-0.3, -0.25) is 14.2 Å². The molecule has 0 spiro atoms. The summed E-state index contributed by atoms with van der Waals surface area (Å²) >= 11 is 4.68. The molecule has 168 valence electrons. The van der Waals surface area contributed by atoms with Gasteiger partial charge in [-0.25, -0.2) is 10.4 Å². The topological polar surface area (TPSA) is 106 Å². The van der Waals surface area contributed by atoms with Crippen molar-refractivity contribution in [2.75, 3.05) is 7.11 Å². The lowest BCUT2D eigenvalue weighted by molar-refractivity contribution is -0.121. The monoisotopic (exact) mass is 526 g/mol. The van der Waals surface area contributed by atoms with E-state index in [0.717, 1.165) is 16.0 Å². The van der Waals surface area contributed by atoms with Crippen LogP contribution in [0.4, 0.5) is 0 Å². The number of nitrogens with one attached hydrogen (secondary N) is 1. The van der Waals surface area contributed by atoms with E-state index in [0.29, 0.717) is 20.3 Å². The molecular weight excluding hydrogens is 508 g/mol. The number of carbonyl (C=O) groups is 1. The van der Waals surface area contributed by atoms with Crippen molar-refractivity contribution >= 4 is 49.6 Å². The first-order chi connectivity index (χ1) is 15.9. The number of methoxy groups -OCH3 is 1. The number of thiophene rings is 1. The van der Waals surface area contributed by atoms with Crippen LogP contribution >= 0.6 is 27.3 Å². The maximum Gasteiger partial charge on any atom is 0.263 e. The van der Waals surface area contributed by atoms with E-state index < -0.39 is 5.91 Å². The van der Waals surface area contributed by atoms with Crippen molar-refractivity contribution in [3.05, 3.63) is 74.1 Å². The first kappa shape index (κ1) is 22.7. The summed E-state index contributed by atoms with van der Waals surface area (Å²) < 4.78 is 6.79. The fourth-order valence-corrected chi connectivity index (χ4v) is 4.86. The third kappa shape index (κ3) is 4.67. The van der Waals surface area contributed by atoms with Crippen molar-refractivity contribution in [2.24, 2.45) is 5.10 Å². The van der Waals surface area contributed by atoms with Gasteiger partial charge in [-0.2, -0.15) is 5.10 Å². The number of phenolic OH excluding ortho intramolecular Hbond substituents is 1. The standard InChI is InChI=1S/C23H19BrN4O4S/c1-13-19(15-6-4-3-5-7-15)20-22(33-13)25-12-28(23(20)31)11-18(29)27-26-10-14-8-16(24)21(30)17(9-14)32-2/h3-10,12,30H,11H2,1-2H3,(H,27,29)/b26-10+. The number of hydrazone groups is 1. The molecule has 2 aromatic carbocycles. The molecule has 0 saturated heterocycles. The third-order valence-electron chi connectivity index (χ3n) is 4.90. The summed E-state index contributed by atoms with van der Waals surface area (Å²) in [6.07, 6.45) is 2.78. The van der Waals surface area contributed by atoms with E-state index in [-0.39, 0.29) is 23.6 Å². The molecular formula is C23H19BrN4O4S. The van der Waals surface area contributed by atoms with Gasteiger partial charge in [-0.15, -0.1) is 11.3 Å². The van der Waals surface area contributed by atoms with Crippen LogP contribution in [0.15, 0.2) is 63.2 Å². The summed E-state index contributed by atoms with van der Waals surface area (Å²) in [6.45, 7) is 1.72. The molecule has 33 heavy (non-hydrogen) atoms. The molecule has 0 aliphatic heterocycles. The molecule has 4 rings (SSSR count). The second-order valence-corrected chi connectivity index (χ2v) is 9.16. The van der Waals surface area contributed by atoms with Crippen molar-refractivity contribution in [2.45, 2.75) is 13.5 Å². The van der Waals surface area contributed by atoms with Gasteiger partial charge >= 0.3 is 0 Å². The SMILES string of the molecule is COc1cc(/C=N/NC(=O)Cn2cnc3sc(C)c(-c4ccccc4)c3c2=O)cc(Br)c1O. The quantitative estimate of drug-likeness (QED) is 0.291. The largest absolute Gasteiger partial charge is 0.503 e. The zero-order valence-corrected chi connectivity index (χ0v) is 20.1. The lowest BCUT2D eigenvalue weighted by Gasteiger charge is -2.07. The van der Waals surface area contributed by atoms with Gasteiger partial charge in [0.15, 0.2) is 11.5 Å². The number of aromatic hydroxyl groups is 1. The van der Waals surface area contributed by atoms with E-state index in [1.54, 1.807) is 12.1 Å². The molecule has 0 unspecified atom stereocenters. The minimum atomic E-state index is -0.479. The van der Waals surface area contributed by atoms with Crippen LogP contribution in [0.2, 0.25) is 0 Å². The highest BCUT2D eigenvalue weighted by molar-refractivity contribution is 9.10. The molecule has 4 aromatic rings. The number of hydrogen-bond donors (Lipinski definition) is 2. The Hall–Kier alpha value is -3.50. The van der Waals surface area contributed by atoms with Crippen LogP contribution < -0.4 is 15.7 Å². The first-order valence-corrected chi connectivity index (χ1v) is 11.4. The van der Waals surface area contributed by atoms with E-state index in [9.17, 15) is 14.7 Å². The van der Waals surface area contributed by atoms with E-state index >= 15 is 0 Å². The van der Waals surface area contributed by atoms with Crippen LogP contribution in [-0.2, 0) is 11.3 Å². The lowest BCUT2D eigenvalue weighted by atomic mass is 10.0. The van der Waals surface area contributed by atoms with Crippen molar-refractivity contribution in [3.63, 3.8) is 0 Å². The maximum absolute atomic E-state index is 13.2. The van der Waals surface area contributed by atoms with Gasteiger partial charge in [0, 0.05) is 10.4 Å². The van der Waals surface area contributed by atoms with Crippen molar-refractivity contribution in [1.82, 2.24) is 15.0 Å². The normalized spacial score (nSPS) is 11.2. The second kappa shape index (κ2) is 9.55. The van der Waals surface area contributed by atoms with E-state index in [1.165, 1.54) is 35.6 Å². The third-order valence-corrected chi connectivity index (χ3v) is 6.52. The van der Waals surface area contributed by atoms with Crippen LogP contribution in [0.3, 0.4) is 0 Å². The molecule has 0 saturated carbocycles. The van der Waals surface area contributed by atoms with Gasteiger partial charge in [0.05, 0.1) is 29.5 Å². The number of fused-ring (bicyclic) bond motifs is 1. The highest BCUT2D eigenvalue weighted by Gasteiger charge is 2.17. The van der Waals surface area contributed by atoms with E-state index in [1.807, 2.05) is 37.3 Å². The number of benzene rings is 2. The number of ether oxygens (including phenoxy) is 1. The van der Waals surface area contributed by atoms with E-state index in [4.69, 9.17) is 4.74 Å². The Morgan fingerprint density at radius 1 is 1.33 bits per heavy atom. The number of hydrogen-bond acceptors (Lipinski definition) is 7. The molecule has 1 amide bonds. The molecule has 8 nitrogen and oxygen atoms in total. The highest BCUT2D eigenvalue weighted by atomic mass is 79.9. The maximum atomic E-state index is 13.2. The van der Waals surface area contributed by atoms with Crippen LogP contribution in [0, 0.1) is 6.92 Å². The fourth-order valence-electron chi connectivity index (χ4n) is 3.40. The molecule has 0 bridgehead atoms. The fraction of sp³-hybridized carbons (Fsp3) is 0.130. The summed E-state index contributed by atoms with van der Waals surface area (Å²) in [5.74, 6) is -0.240. The number of nitrogens with zero attached hydrogens (tertiary/aromatic N) is 3. The molecule has 0 atom stereocenters. The molecule has 2 aromatic heterocycles. The number of aromatic nitrogens is 2. The lowest BCUT2D eigenvalue weighted by Crippen LogP contribution is -2.30. The summed E-state index contributed by atoms with van der Waals surface area (Å²) in [4.78, 5) is 31.6. The Bertz CT molecular complexity index is 1430.